The van der Waals surface area contributed by atoms with Crippen LogP contribution in [0.25, 0.3) is 0 Å². The van der Waals surface area contributed by atoms with Crippen molar-refractivity contribution in [1.82, 2.24) is 4.90 Å². The van der Waals surface area contributed by atoms with E-state index in [1.54, 1.807) is 0 Å². The highest BCUT2D eigenvalue weighted by molar-refractivity contribution is 9.10. The molecule has 1 saturated heterocycles. The number of halogens is 1. The first kappa shape index (κ1) is 13.1. The van der Waals surface area contributed by atoms with E-state index in [4.69, 9.17) is 0 Å². The standard InChI is InChI=1S/C15H22BrN/c1-2-14-9-4-3-7-11-17(14)12-13-8-5-6-10-15(13)16/h5-6,8,10,14H,2-4,7,9,11-12H2,1H3. The molecule has 17 heavy (non-hydrogen) atoms. The van der Waals surface area contributed by atoms with Crippen LogP contribution in [-0.2, 0) is 6.54 Å². The lowest BCUT2D eigenvalue weighted by Gasteiger charge is -2.29. The zero-order chi connectivity index (χ0) is 12.1. The van der Waals surface area contributed by atoms with Gasteiger partial charge in [0, 0.05) is 17.1 Å². The van der Waals surface area contributed by atoms with Gasteiger partial charge in [-0.2, -0.15) is 0 Å². The van der Waals surface area contributed by atoms with Crippen LogP contribution in [0.2, 0.25) is 0 Å². The van der Waals surface area contributed by atoms with Gasteiger partial charge < -0.3 is 0 Å². The summed E-state index contributed by atoms with van der Waals surface area (Å²) in [7, 11) is 0. The van der Waals surface area contributed by atoms with Gasteiger partial charge in [0.25, 0.3) is 0 Å². The Morgan fingerprint density at radius 1 is 1.24 bits per heavy atom. The molecule has 0 N–H and O–H groups in total. The van der Waals surface area contributed by atoms with Gasteiger partial charge >= 0.3 is 0 Å². The average molecular weight is 296 g/mol. The Morgan fingerprint density at radius 2 is 2.06 bits per heavy atom. The van der Waals surface area contributed by atoms with Crippen molar-refractivity contribution in [3.05, 3.63) is 34.3 Å². The van der Waals surface area contributed by atoms with Gasteiger partial charge in [0.1, 0.15) is 0 Å². The maximum atomic E-state index is 3.66. The summed E-state index contributed by atoms with van der Waals surface area (Å²) in [4.78, 5) is 2.67. The number of likely N-dealkylation sites (tertiary alicyclic amines) is 1. The van der Waals surface area contributed by atoms with Crippen LogP contribution >= 0.6 is 15.9 Å². The highest BCUT2D eigenvalue weighted by Gasteiger charge is 2.19. The van der Waals surface area contributed by atoms with Gasteiger partial charge in [-0.15, -0.1) is 0 Å². The van der Waals surface area contributed by atoms with Crippen molar-refractivity contribution >= 4 is 15.9 Å². The second-order valence-electron chi connectivity index (χ2n) is 4.97. The van der Waals surface area contributed by atoms with Gasteiger partial charge in [0.15, 0.2) is 0 Å². The van der Waals surface area contributed by atoms with Crippen LogP contribution in [0.1, 0.15) is 44.6 Å². The molecule has 0 aromatic heterocycles. The van der Waals surface area contributed by atoms with E-state index in [0.717, 1.165) is 12.6 Å². The molecule has 0 amide bonds. The van der Waals surface area contributed by atoms with Gasteiger partial charge in [0.05, 0.1) is 0 Å². The summed E-state index contributed by atoms with van der Waals surface area (Å²) in [5.74, 6) is 0. The molecule has 2 rings (SSSR count). The molecule has 1 unspecified atom stereocenters. The smallest absolute Gasteiger partial charge is 0.0247 e. The first-order valence-electron chi connectivity index (χ1n) is 6.78. The van der Waals surface area contributed by atoms with Gasteiger partial charge in [-0.05, 0) is 37.4 Å². The van der Waals surface area contributed by atoms with Gasteiger partial charge in [-0.25, -0.2) is 0 Å². The molecular formula is C15H22BrN. The molecule has 0 radical (unpaired) electrons. The van der Waals surface area contributed by atoms with Crippen molar-refractivity contribution in [3.8, 4) is 0 Å². The number of rotatable bonds is 3. The third kappa shape index (κ3) is 3.56. The van der Waals surface area contributed by atoms with Crippen molar-refractivity contribution < 1.29 is 0 Å². The molecule has 1 atom stereocenters. The fourth-order valence-electron chi connectivity index (χ4n) is 2.75. The first-order chi connectivity index (χ1) is 8.31. The van der Waals surface area contributed by atoms with E-state index >= 15 is 0 Å². The predicted molar refractivity (Wildman–Crippen MR) is 77.1 cm³/mol. The van der Waals surface area contributed by atoms with Gasteiger partial charge in [-0.3, -0.25) is 4.90 Å². The zero-order valence-corrected chi connectivity index (χ0v) is 12.2. The summed E-state index contributed by atoms with van der Waals surface area (Å²) in [5, 5.41) is 0. The second-order valence-corrected chi connectivity index (χ2v) is 5.83. The Hall–Kier alpha value is -0.340. The molecule has 0 bridgehead atoms. The van der Waals surface area contributed by atoms with Crippen LogP contribution in [0.5, 0.6) is 0 Å². The molecule has 0 spiro atoms. The number of hydrogen-bond donors (Lipinski definition) is 0. The van der Waals surface area contributed by atoms with E-state index < -0.39 is 0 Å². The Morgan fingerprint density at radius 3 is 2.82 bits per heavy atom. The van der Waals surface area contributed by atoms with Crippen molar-refractivity contribution in [2.75, 3.05) is 6.54 Å². The highest BCUT2D eigenvalue weighted by atomic mass is 79.9. The minimum atomic E-state index is 0.782. The maximum absolute atomic E-state index is 3.66. The SMILES string of the molecule is CCC1CCCCCN1Cc1ccccc1Br. The third-order valence-corrected chi connectivity index (χ3v) is 4.58. The highest BCUT2D eigenvalue weighted by Crippen LogP contribution is 2.24. The molecule has 2 heteroatoms. The number of benzene rings is 1. The molecule has 1 aromatic carbocycles. The molecule has 1 heterocycles. The van der Waals surface area contributed by atoms with Crippen LogP contribution in [0.4, 0.5) is 0 Å². The van der Waals surface area contributed by atoms with E-state index in [2.05, 4.69) is 52.0 Å². The average Bonchev–Trinajstić information content (AvgIpc) is 2.57. The van der Waals surface area contributed by atoms with Gasteiger partial charge in [-0.1, -0.05) is 53.9 Å². The number of nitrogens with zero attached hydrogens (tertiary/aromatic N) is 1. The normalized spacial score (nSPS) is 22.4. The summed E-state index contributed by atoms with van der Waals surface area (Å²) in [6.45, 7) is 4.68. The summed E-state index contributed by atoms with van der Waals surface area (Å²) in [6.07, 6.45) is 6.83. The Bertz CT molecular complexity index is 351. The first-order valence-corrected chi connectivity index (χ1v) is 7.58. The lowest BCUT2D eigenvalue weighted by atomic mass is 10.1. The molecule has 1 aliphatic rings. The van der Waals surface area contributed by atoms with Crippen molar-refractivity contribution in [3.63, 3.8) is 0 Å². The van der Waals surface area contributed by atoms with Crippen molar-refractivity contribution in [2.45, 2.75) is 51.6 Å². The summed E-state index contributed by atoms with van der Waals surface area (Å²) < 4.78 is 1.25. The molecule has 1 aromatic rings. The predicted octanol–water partition coefficient (Wildman–Crippen LogP) is 4.60. The zero-order valence-electron chi connectivity index (χ0n) is 10.7. The van der Waals surface area contributed by atoms with Crippen LogP contribution in [0.3, 0.4) is 0 Å². The Balaban J connectivity index is 2.07. The lowest BCUT2D eigenvalue weighted by Crippen LogP contribution is -2.33. The van der Waals surface area contributed by atoms with Crippen molar-refractivity contribution in [2.24, 2.45) is 0 Å². The number of hydrogen-bond acceptors (Lipinski definition) is 1. The largest absolute Gasteiger partial charge is 0.296 e. The van der Waals surface area contributed by atoms with Crippen LogP contribution in [-0.4, -0.2) is 17.5 Å². The van der Waals surface area contributed by atoms with E-state index in [1.807, 2.05) is 0 Å². The minimum absolute atomic E-state index is 0.782. The van der Waals surface area contributed by atoms with Crippen molar-refractivity contribution in [1.29, 1.82) is 0 Å². The Kier molecular flexibility index (Phi) is 5.05. The summed E-state index contributed by atoms with van der Waals surface area (Å²) in [6, 6.07) is 9.40. The fraction of sp³-hybridized carbons (Fsp3) is 0.600. The monoisotopic (exact) mass is 295 g/mol. The van der Waals surface area contributed by atoms with E-state index in [-0.39, 0.29) is 0 Å². The van der Waals surface area contributed by atoms with E-state index in [0.29, 0.717) is 0 Å². The minimum Gasteiger partial charge on any atom is -0.296 e. The van der Waals surface area contributed by atoms with E-state index in [9.17, 15) is 0 Å². The Labute approximate surface area is 113 Å². The van der Waals surface area contributed by atoms with Gasteiger partial charge in [0.2, 0.25) is 0 Å². The summed E-state index contributed by atoms with van der Waals surface area (Å²) in [5.41, 5.74) is 1.42. The fourth-order valence-corrected chi connectivity index (χ4v) is 3.16. The van der Waals surface area contributed by atoms with Crippen LogP contribution in [0.15, 0.2) is 28.7 Å². The lowest BCUT2D eigenvalue weighted by molar-refractivity contribution is 0.186. The van der Waals surface area contributed by atoms with Crippen LogP contribution < -0.4 is 0 Å². The summed E-state index contributed by atoms with van der Waals surface area (Å²) >= 11 is 3.66. The molecule has 0 saturated carbocycles. The maximum Gasteiger partial charge on any atom is 0.0247 e. The molecule has 0 aliphatic carbocycles. The third-order valence-electron chi connectivity index (χ3n) is 3.80. The van der Waals surface area contributed by atoms with E-state index in [1.165, 1.54) is 48.7 Å². The second kappa shape index (κ2) is 6.55. The molecule has 1 nitrogen and oxygen atoms in total. The molecule has 94 valence electrons. The molecule has 1 aliphatic heterocycles. The quantitative estimate of drug-likeness (QED) is 0.787. The molecule has 1 fully saturated rings. The topological polar surface area (TPSA) is 3.24 Å². The van der Waals surface area contributed by atoms with Crippen LogP contribution in [0, 0.1) is 0 Å². The molecular weight excluding hydrogens is 274 g/mol.